The van der Waals surface area contributed by atoms with E-state index in [1.54, 1.807) is 0 Å². The number of terminal acetylenes is 1. The third-order valence-corrected chi connectivity index (χ3v) is 0.189. The molecule has 34 valence electrons. The number of rotatable bonds is 0. The van der Waals surface area contributed by atoms with Gasteiger partial charge in [0, 0.05) is 0 Å². The van der Waals surface area contributed by atoms with Crippen molar-refractivity contribution in [2.75, 3.05) is 0 Å². The first-order valence-electron chi connectivity index (χ1n) is 1.23. The third-order valence-electron chi connectivity index (χ3n) is 0.189. The molecule has 0 atom stereocenters. The molecule has 0 spiro atoms. The van der Waals surface area contributed by atoms with Gasteiger partial charge in [0.15, 0.2) is 0 Å². The van der Waals surface area contributed by atoms with Gasteiger partial charge in [0.1, 0.15) is 0 Å². The molecular formula is C2HBF3-. The second-order valence-electron chi connectivity index (χ2n) is 0.741. The van der Waals surface area contributed by atoms with Crippen LogP contribution < -0.4 is 0 Å². The predicted molar refractivity (Wildman–Crippen MR) is 17.9 cm³/mol. The maximum Gasteiger partial charge on any atom is 0.557 e. The van der Waals surface area contributed by atoms with Crippen molar-refractivity contribution in [3.05, 3.63) is 0 Å². The fraction of sp³-hybridized carbons (Fsp3) is 0. The Kier molecular flexibility index (Phi) is 1.13. The van der Waals surface area contributed by atoms with E-state index in [0.717, 1.165) is 0 Å². The zero-order valence-electron chi connectivity index (χ0n) is 2.79. The Hall–Kier alpha value is -0.585. The molecular weight excluding hydrogens is 91.8 g/mol. The summed E-state index contributed by atoms with van der Waals surface area (Å²) in [6.07, 6.45) is 3.96. The summed E-state index contributed by atoms with van der Waals surface area (Å²) < 4.78 is 31.8. The molecule has 0 aromatic carbocycles. The monoisotopic (exact) mass is 93.0 g/mol. The predicted octanol–water partition coefficient (Wildman–Crippen LogP) is 1.01. The highest BCUT2D eigenvalue weighted by atomic mass is 19.4. The second-order valence-corrected chi connectivity index (χ2v) is 0.741. The summed E-state index contributed by atoms with van der Waals surface area (Å²) in [7, 11) is 0. The van der Waals surface area contributed by atoms with Gasteiger partial charge in [0.05, 0.1) is 0 Å². The van der Waals surface area contributed by atoms with E-state index in [-0.39, 0.29) is 0 Å². The maximum absolute atomic E-state index is 10.6. The van der Waals surface area contributed by atoms with Gasteiger partial charge in [-0.05, 0) is 0 Å². The summed E-state index contributed by atoms with van der Waals surface area (Å²) in [5, 5.41) is 0. The van der Waals surface area contributed by atoms with Crippen LogP contribution in [0.1, 0.15) is 0 Å². The standard InChI is InChI=1S/C2HBF3/c1-2-3(4,5)6/h1H/q-1. The Labute approximate surface area is 33.4 Å². The van der Waals surface area contributed by atoms with Crippen LogP contribution in [-0.4, -0.2) is 6.98 Å². The molecule has 0 heterocycles. The first-order chi connectivity index (χ1) is 2.56. The molecule has 0 aliphatic heterocycles. The molecule has 6 heavy (non-hydrogen) atoms. The molecule has 0 aromatic heterocycles. The van der Waals surface area contributed by atoms with E-state index in [2.05, 4.69) is 6.42 Å². The van der Waals surface area contributed by atoms with Crippen LogP contribution in [0.4, 0.5) is 12.9 Å². The Bertz CT molecular complexity index is 75.8. The van der Waals surface area contributed by atoms with E-state index in [4.69, 9.17) is 0 Å². The lowest BCUT2D eigenvalue weighted by molar-refractivity contribution is 0.504. The van der Waals surface area contributed by atoms with Gasteiger partial charge >= 0.3 is 6.98 Å². The van der Waals surface area contributed by atoms with Crippen molar-refractivity contribution in [2.45, 2.75) is 0 Å². The zero-order chi connectivity index (χ0) is 5.21. The smallest absolute Gasteiger partial charge is 0.438 e. The van der Waals surface area contributed by atoms with Crippen LogP contribution in [0.5, 0.6) is 0 Å². The molecule has 0 aliphatic rings. The summed E-state index contributed by atoms with van der Waals surface area (Å²) in [5.74, 6) is 0.667. The summed E-state index contributed by atoms with van der Waals surface area (Å²) >= 11 is 0. The molecule has 0 rings (SSSR count). The molecule has 0 amide bonds. The van der Waals surface area contributed by atoms with Crippen molar-refractivity contribution in [1.29, 1.82) is 0 Å². The van der Waals surface area contributed by atoms with E-state index in [0.29, 0.717) is 5.82 Å². The van der Waals surface area contributed by atoms with Gasteiger partial charge in [-0.25, -0.2) is 5.82 Å². The molecule has 0 aliphatic carbocycles. The lowest BCUT2D eigenvalue weighted by atomic mass is 9.95. The van der Waals surface area contributed by atoms with Gasteiger partial charge in [-0.1, -0.05) is 0 Å². The van der Waals surface area contributed by atoms with Crippen LogP contribution in [0.25, 0.3) is 0 Å². The van der Waals surface area contributed by atoms with Gasteiger partial charge in [0.2, 0.25) is 0 Å². The van der Waals surface area contributed by atoms with Crippen LogP contribution >= 0.6 is 0 Å². The molecule has 0 unspecified atom stereocenters. The fourth-order valence-electron chi connectivity index (χ4n) is 0. The van der Waals surface area contributed by atoms with E-state index < -0.39 is 6.98 Å². The summed E-state index contributed by atoms with van der Waals surface area (Å²) in [6, 6.07) is 0. The lowest BCUT2D eigenvalue weighted by Crippen LogP contribution is -2.09. The molecule has 0 N–H and O–H groups in total. The average molecular weight is 92.8 g/mol. The Morgan fingerprint density at radius 2 is 1.50 bits per heavy atom. The minimum absolute atomic E-state index is 0.667. The molecule has 0 aromatic rings. The Morgan fingerprint density at radius 3 is 1.50 bits per heavy atom. The number of hydrogen-bond donors (Lipinski definition) is 0. The first kappa shape index (κ1) is 5.41. The van der Waals surface area contributed by atoms with E-state index in [9.17, 15) is 12.9 Å². The highest BCUT2D eigenvalue weighted by Gasteiger charge is 2.16. The first-order valence-corrected chi connectivity index (χ1v) is 1.23. The van der Waals surface area contributed by atoms with Gasteiger partial charge in [0.25, 0.3) is 0 Å². The van der Waals surface area contributed by atoms with E-state index >= 15 is 0 Å². The summed E-state index contributed by atoms with van der Waals surface area (Å²) in [5.41, 5.74) is 0. The largest absolute Gasteiger partial charge is 0.557 e. The Morgan fingerprint density at radius 1 is 1.33 bits per heavy atom. The quantitative estimate of drug-likeness (QED) is 0.309. The fourth-order valence-corrected chi connectivity index (χ4v) is 0. The highest BCUT2D eigenvalue weighted by molar-refractivity contribution is 6.67. The van der Waals surface area contributed by atoms with Crippen LogP contribution in [0.15, 0.2) is 0 Å². The highest BCUT2D eigenvalue weighted by Crippen LogP contribution is 2.03. The summed E-state index contributed by atoms with van der Waals surface area (Å²) in [6.45, 7) is -4.96. The van der Waals surface area contributed by atoms with Crippen molar-refractivity contribution >= 4 is 6.98 Å². The topological polar surface area (TPSA) is 0 Å². The molecule has 0 fully saturated rings. The van der Waals surface area contributed by atoms with Crippen molar-refractivity contribution < 1.29 is 12.9 Å². The normalized spacial score (nSPS) is 10.3. The third kappa shape index (κ3) is 3.41. The maximum atomic E-state index is 10.6. The van der Waals surface area contributed by atoms with E-state index in [1.165, 1.54) is 0 Å². The second kappa shape index (κ2) is 1.25. The minimum atomic E-state index is -4.96. The summed E-state index contributed by atoms with van der Waals surface area (Å²) in [4.78, 5) is 0. The van der Waals surface area contributed by atoms with Crippen LogP contribution in [-0.2, 0) is 0 Å². The van der Waals surface area contributed by atoms with Gasteiger partial charge < -0.3 is 12.9 Å². The molecule has 0 bridgehead atoms. The zero-order valence-corrected chi connectivity index (χ0v) is 2.79. The van der Waals surface area contributed by atoms with Gasteiger partial charge in [-0.15, -0.1) is 0 Å². The molecule has 0 saturated heterocycles. The molecule has 0 radical (unpaired) electrons. The van der Waals surface area contributed by atoms with Crippen molar-refractivity contribution in [2.24, 2.45) is 0 Å². The van der Waals surface area contributed by atoms with Crippen molar-refractivity contribution in [1.82, 2.24) is 0 Å². The Balaban J connectivity index is 3.55. The molecule has 0 nitrogen and oxygen atoms in total. The van der Waals surface area contributed by atoms with Crippen LogP contribution in [0.2, 0.25) is 0 Å². The minimum Gasteiger partial charge on any atom is -0.438 e. The van der Waals surface area contributed by atoms with Crippen molar-refractivity contribution in [3.8, 4) is 12.2 Å². The lowest BCUT2D eigenvalue weighted by Gasteiger charge is -1.99. The van der Waals surface area contributed by atoms with Gasteiger partial charge in [-0.2, -0.15) is 6.42 Å². The van der Waals surface area contributed by atoms with Crippen LogP contribution in [0, 0.1) is 12.2 Å². The van der Waals surface area contributed by atoms with Crippen LogP contribution in [0.3, 0.4) is 0 Å². The SMILES string of the molecule is C#C[B-](F)(F)F. The molecule has 4 heteroatoms. The van der Waals surface area contributed by atoms with E-state index in [1.807, 2.05) is 0 Å². The van der Waals surface area contributed by atoms with Crippen molar-refractivity contribution in [3.63, 3.8) is 0 Å². The number of halogens is 3. The van der Waals surface area contributed by atoms with Gasteiger partial charge in [-0.3, -0.25) is 0 Å². The average Bonchev–Trinajstić information content (AvgIpc) is 1.35. The molecule has 0 saturated carbocycles. The number of hydrogen-bond acceptors (Lipinski definition) is 0.